The van der Waals surface area contributed by atoms with Gasteiger partial charge in [-0.15, -0.1) is 0 Å². The second kappa shape index (κ2) is 5.33. The van der Waals surface area contributed by atoms with E-state index in [1.54, 1.807) is 0 Å². The first-order valence-electron chi connectivity index (χ1n) is 7.35. The van der Waals surface area contributed by atoms with Gasteiger partial charge in [-0.05, 0) is 47.0 Å². The zero-order chi connectivity index (χ0) is 15.1. The normalized spacial score (nSPS) is 27.1. The van der Waals surface area contributed by atoms with E-state index in [0.717, 1.165) is 12.0 Å². The molecule has 0 bridgehead atoms. The summed E-state index contributed by atoms with van der Waals surface area (Å²) in [6, 6.07) is 0. The van der Waals surface area contributed by atoms with Gasteiger partial charge in [0.15, 0.2) is 0 Å². The molecule has 0 amide bonds. The first-order chi connectivity index (χ1) is 9.18. The number of ether oxygens (including phenoxy) is 1. The predicted molar refractivity (Wildman–Crippen MR) is 79.7 cm³/mol. The Hall–Kier alpha value is -0.555. The number of hydrogen-bond donors (Lipinski definition) is 0. The number of likely N-dealkylation sites (N-methyl/N-ethyl adjacent to an activating group) is 1. The molecule has 1 fully saturated rings. The van der Waals surface area contributed by atoms with Crippen molar-refractivity contribution >= 4 is 7.12 Å². The highest BCUT2D eigenvalue weighted by Crippen LogP contribution is 2.39. The van der Waals surface area contributed by atoms with Gasteiger partial charge >= 0.3 is 7.12 Å². The molecular weight excluding hydrogens is 255 g/mol. The summed E-state index contributed by atoms with van der Waals surface area (Å²) in [5.74, 6) is 0. The second-order valence-electron chi connectivity index (χ2n) is 6.54. The van der Waals surface area contributed by atoms with Gasteiger partial charge in [-0.25, -0.2) is 5.01 Å². The quantitative estimate of drug-likeness (QED) is 0.737. The molecule has 0 radical (unpaired) electrons. The van der Waals surface area contributed by atoms with E-state index >= 15 is 0 Å². The van der Waals surface area contributed by atoms with Crippen molar-refractivity contribution in [2.75, 3.05) is 20.2 Å². The topological polar surface area (TPSA) is 34.2 Å². The first-order valence-corrected chi connectivity index (χ1v) is 7.35. The minimum absolute atomic E-state index is 0.0184. The molecule has 1 atom stereocenters. The van der Waals surface area contributed by atoms with E-state index in [2.05, 4.69) is 43.9 Å². The molecule has 0 aromatic heterocycles. The Balaban J connectivity index is 2.10. The van der Waals surface area contributed by atoms with Crippen LogP contribution in [0.4, 0.5) is 0 Å². The summed E-state index contributed by atoms with van der Waals surface area (Å²) in [6.07, 6.45) is 2.10. The Morgan fingerprint density at radius 1 is 1.30 bits per heavy atom. The van der Waals surface area contributed by atoms with E-state index in [-0.39, 0.29) is 24.5 Å². The summed E-state index contributed by atoms with van der Waals surface area (Å²) in [5, 5.41) is 4.21. The molecule has 2 aliphatic rings. The Kier molecular flexibility index (Phi) is 4.22. The fraction of sp³-hybridized carbons (Fsp3) is 0.857. The van der Waals surface area contributed by atoms with Crippen molar-refractivity contribution < 1.29 is 14.0 Å². The third kappa shape index (κ3) is 2.75. The molecule has 20 heavy (non-hydrogen) atoms. The van der Waals surface area contributed by atoms with E-state index < -0.39 is 0 Å². The summed E-state index contributed by atoms with van der Waals surface area (Å²) in [5.41, 5.74) is 0.546. The van der Waals surface area contributed by atoms with Gasteiger partial charge in [0.05, 0.1) is 11.2 Å². The summed E-state index contributed by atoms with van der Waals surface area (Å²) in [6.45, 7) is 13.9. The van der Waals surface area contributed by atoms with E-state index in [1.165, 1.54) is 0 Å². The van der Waals surface area contributed by atoms with Crippen LogP contribution in [0, 0.1) is 0 Å². The molecule has 0 saturated carbocycles. The average Bonchev–Trinajstić information content (AvgIpc) is 2.78. The Morgan fingerprint density at radius 2 is 1.85 bits per heavy atom. The van der Waals surface area contributed by atoms with Crippen molar-refractivity contribution in [1.82, 2.24) is 10.0 Å². The van der Waals surface area contributed by atoms with Crippen LogP contribution in [-0.4, -0.2) is 54.8 Å². The Labute approximate surface area is 123 Å². The number of nitrogens with zero attached hydrogens (tertiary/aromatic N) is 2. The van der Waals surface area contributed by atoms with Crippen LogP contribution >= 0.6 is 0 Å². The standard InChI is InChI=1S/C14H27BN2O3/c1-8-18-11(2)17-10-12(9-16(17)7)15-19-13(3,4)14(5,6)20-15/h10-11H,8-9H2,1-7H3. The third-order valence-electron chi connectivity index (χ3n) is 4.44. The van der Waals surface area contributed by atoms with Gasteiger partial charge in [0.1, 0.15) is 6.23 Å². The largest absolute Gasteiger partial charge is 0.493 e. The van der Waals surface area contributed by atoms with Gasteiger partial charge in [0.2, 0.25) is 0 Å². The van der Waals surface area contributed by atoms with Gasteiger partial charge in [-0.2, -0.15) is 0 Å². The SMILES string of the molecule is CCOC(C)N1C=C(B2OC(C)(C)C(C)(C)O2)CN1C. The van der Waals surface area contributed by atoms with Crippen LogP contribution < -0.4 is 0 Å². The number of rotatable bonds is 4. The third-order valence-corrected chi connectivity index (χ3v) is 4.44. The lowest BCUT2D eigenvalue weighted by Gasteiger charge is -2.32. The average molecular weight is 282 g/mol. The van der Waals surface area contributed by atoms with Crippen LogP contribution in [0.3, 0.4) is 0 Å². The second-order valence-corrected chi connectivity index (χ2v) is 6.54. The lowest BCUT2D eigenvalue weighted by Crippen LogP contribution is -2.41. The minimum Gasteiger partial charge on any atom is -0.399 e. The van der Waals surface area contributed by atoms with Crippen molar-refractivity contribution in [3.8, 4) is 0 Å². The van der Waals surface area contributed by atoms with Crippen molar-refractivity contribution in [3.05, 3.63) is 11.7 Å². The zero-order valence-electron chi connectivity index (χ0n) is 13.8. The van der Waals surface area contributed by atoms with Crippen LogP contribution in [0.5, 0.6) is 0 Å². The van der Waals surface area contributed by atoms with Crippen LogP contribution in [0.25, 0.3) is 0 Å². The monoisotopic (exact) mass is 282 g/mol. The fourth-order valence-corrected chi connectivity index (χ4v) is 2.49. The summed E-state index contributed by atoms with van der Waals surface area (Å²) in [4.78, 5) is 0. The van der Waals surface area contributed by atoms with Gasteiger partial charge in [-0.3, -0.25) is 5.01 Å². The molecule has 5 nitrogen and oxygen atoms in total. The van der Waals surface area contributed by atoms with Gasteiger partial charge < -0.3 is 14.0 Å². The zero-order valence-corrected chi connectivity index (χ0v) is 13.8. The molecule has 0 spiro atoms. The molecule has 1 unspecified atom stereocenters. The van der Waals surface area contributed by atoms with Crippen molar-refractivity contribution in [3.63, 3.8) is 0 Å². The lowest BCUT2D eigenvalue weighted by molar-refractivity contribution is -0.101. The van der Waals surface area contributed by atoms with Crippen LogP contribution in [0.15, 0.2) is 11.7 Å². The van der Waals surface area contributed by atoms with Crippen molar-refractivity contribution in [2.45, 2.75) is 59.0 Å². The maximum absolute atomic E-state index is 6.10. The van der Waals surface area contributed by atoms with Gasteiger partial charge in [0.25, 0.3) is 0 Å². The highest BCUT2D eigenvalue weighted by atomic mass is 16.7. The smallest absolute Gasteiger partial charge is 0.399 e. The maximum atomic E-state index is 6.10. The van der Waals surface area contributed by atoms with E-state index in [1.807, 2.05) is 20.9 Å². The summed E-state index contributed by atoms with van der Waals surface area (Å²) in [7, 11) is 1.77. The molecule has 0 aromatic carbocycles. The van der Waals surface area contributed by atoms with Gasteiger partial charge in [0, 0.05) is 26.4 Å². The molecule has 0 aliphatic carbocycles. The summed E-state index contributed by atoms with van der Waals surface area (Å²) < 4.78 is 17.8. The predicted octanol–water partition coefficient (Wildman–Crippen LogP) is 2.05. The number of hydrogen-bond acceptors (Lipinski definition) is 5. The van der Waals surface area contributed by atoms with E-state index in [0.29, 0.717) is 6.61 Å². The Bertz CT molecular complexity index is 382. The molecule has 2 heterocycles. The molecule has 1 saturated heterocycles. The molecule has 6 heteroatoms. The Morgan fingerprint density at radius 3 is 2.35 bits per heavy atom. The molecule has 0 aromatic rings. The van der Waals surface area contributed by atoms with Crippen LogP contribution in [-0.2, 0) is 14.0 Å². The maximum Gasteiger partial charge on any atom is 0.493 e. The first kappa shape index (κ1) is 15.8. The highest BCUT2D eigenvalue weighted by Gasteiger charge is 2.53. The van der Waals surface area contributed by atoms with Crippen molar-refractivity contribution in [1.29, 1.82) is 0 Å². The fourth-order valence-electron chi connectivity index (χ4n) is 2.49. The van der Waals surface area contributed by atoms with Crippen LogP contribution in [0.1, 0.15) is 41.5 Å². The van der Waals surface area contributed by atoms with Gasteiger partial charge in [-0.1, -0.05) is 0 Å². The minimum atomic E-state index is -0.296. The highest BCUT2D eigenvalue weighted by molar-refractivity contribution is 6.54. The van der Waals surface area contributed by atoms with E-state index in [9.17, 15) is 0 Å². The van der Waals surface area contributed by atoms with Crippen LogP contribution in [0.2, 0.25) is 0 Å². The number of hydrazine groups is 1. The summed E-state index contributed by atoms with van der Waals surface area (Å²) >= 11 is 0. The van der Waals surface area contributed by atoms with Crippen molar-refractivity contribution in [2.24, 2.45) is 0 Å². The molecule has 114 valence electrons. The molecule has 0 N–H and O–H groups in total. The lowest BCUT2D eigenvalue weighted by atomic mass is 9.79. The molecule has 2 aliphatic heterocycles. The molecular formula is C14H27BN2O3. The molecule has 2 rings (SSSR count). The van der Waals surface area contributed by atoms with E-state index in [4.69, 9.17) is 14.0 Å².